The van der Waals surface area contributed by atoms with Gasteiger partial charge in [0.2, 0.25) is 0 Å². The summed E-state index contributed by atoms with van der Waals surface area (Å²) in [4.78, 5) is 0. The van der Waals surface area contributed by atoms with Crippen molar-refractivity contribution in [3.63, 3.8) is 0 Å². The Hall–Kier alpha value is -2.04. The zero-order valence-corrected chi connectivity index (χ0v) is 6.75. The lowest BCUT2D eigenvalue weighted by Crippen LogP contribution is -2.24. The van der Waals surface area contributed by atoms with E-state index in [1.807, 2.05) is 6.07 Å². The summed E-state index contributed by atoms with van der Waals surface area (Å²) in [5, 5.41) is 22.6. The number of nitrogens with zero attached hydrogens (tertiary/aromatic N) is 2. The minimum absolute atomic E-state index is 0.0445. The van der Waals surface area contributed by atoms with Gasteiger partial charge >= 0.3 is 0 Å². The molecule has 0 atom stereocenters. The molecule has 0 aliphatic carbocycles. The van der Waals surface area contributed by atoms with Gasteiger partial charge in [-0.2, -0.15) is 0 Å². The second-order valence-electron chi connectivity index (χ2n) is 2.30. The Kier molecular flexibility index (Phi) is 2.86. The molecular formula is C8H9N3O2. The Labute approximate surface area is 74.8 Å². The van der Waals surface area contributed by atoms with Crippen molar-refractivity contribution in [2.75, 3.05) is 0 Å². The molecule has 0 aromatic heterocycles. The van der Waals surface area contributed by atoms with Crippen LogP contribution in [-0.2, 0) is 0 Å². The highest BCUT2D eigenvalue weighted by atomic mass is 16.4. The van der Waals surface area contributed by atoms with Crippen LogP contribution in [0.2, 0.25) is 0 Å². The molecule has 1 aromatic rings. The lowest BCUT2D eigenvalue weighted by Gasteiger charge is -2.00. The quantitative estimate of drug-likeness (QED) is 0.269. The van der Waals surface area contributed by atoms with E-state index in [-0.39, 0.29) is 11.5 Å². The molecular weight excluding hydrogens is 170 g/mol. The maximum Gasteiger partial charge on any atom is 0.192 e. The monoisotopic (exact) mass is 179 g/mol. The van der Waals surface area contributed by atoms with Crippen molar-refractivity contribution in [3.05, 3.63) is 35.9 Å². The van der Waals surface area contributed by atoms with E-state index in [1.54, 1.807) is 24.3 Å². The van der Waals surface area contributed by atoms with Gasteiger partial charge in [-0.15, -0.1) is 0 Å². The van der Waals surface area contributed by atoms with Crippen LogP contribution in [0.3, 0.4) is 0 Å². The minimum atomic E-state index is -0.228. The molecule has 1 aromatic carbocycles. The molecule has 5 heteroatoms. The fraction of sp³-hybridized carbons (Fsp3) is 0. The van der Waals surface area contributed by atoms with Crippen molar-refractivity contribution in [3.8, 4) is 0 Å². The molecule has 0 fully saturated rings. The number of hydrogen-bond donors (Lipinski definition) is 3. The zero-order chi connectivity index (χ0) is 9.68. The molecule has 68 valence electrons. The van der Waals surface area contributed by atoms with Crippen LogP contribution in [0.5, 0.6) is 0 Å². The molecule has 0 heterocycles. The van der Waals surface area contributed by atoms with E-state index in [0.717, 1.165) is 0 Å². The Balaban J connectivity index is 3.07. The van der Waals surface area contributed by atoms with Crippen LogP contribution in [-0.4, -0.2) is 22.0 Å². The van der Waals surface area contributed by atoms with Crippen LogP contribution in [0.15, 0.2) is 40.6 Å². The largest absolute Gasteiger partial charge is 0.410 e. The molecule has 0 aliphatic rings. The summed E-state index contributed by atoms with van der Waals surface area (Å²) in [5.74, 6) is -0.228. The van der Waals surface area contributed by atoms with Gasteiger partial charge in [0, 0.05) is 5.56 Å². The van der Waals surface area contributed by atoms with E-state index < -0.39 is 0 Å². The van der Waals surface area contributed by atoms with Crippen LogP contribution in [0, 0.1) is 0 Å². The van der Waals surface area contributed by atoms with Crippen LogP contribution in [0.1, 0.15) is 5.56 Å². The van der Waals surface area contributed by atoms with Gasteiger partial charge < -0.3 is 16.1 Å². The Morgan fingerprint density at radius 2 is 1.69 bits per heavy atom. The second kappa shape index (κ2) is 4.10. The molecule has 4 N–H and O–H groups in total. The van der Waals surface area contributed by atoms with Gasteiger partial charge in [0.1, 0.15) is 0 Å². The second-order valence-corrected chi connectivity index (χ2v) is 2.30. The maximum atomic E-state index is 8.60. The fourth-order valence-corrected chi connectivity index (χ4v) is 0.900. The van der Waals surface area contributed by atoms with E-state index in [4.69, 9.17) is 16.1 Å². The highest BCUT2D eigenvalue weighted by molar-refractivity contribution is 6.46. The average molecular weight is 179 g/mol. The first-order valence-corrected chi connectivity index (χ1v) is 3.55. The lowest BCUT2D eigenvalue weighted by molar-refractivity contribution is 0.314. The van der Waals surface area contributed by atoms with Gasteiger partial charge in [-0.3, -0.25) is 0 Å². The molecule has 0 spiro atoms. The molecule has 1 rings (SSSR count). The Morgan fingerprint density at radius 1 is 1.08 bits per heavy atom. The van der Waals surface area contributed by atoms with Crippen molar-refractivity contribution in [2.45, 2.75) is 0 Å². The highest BCUT2D eigenvalue weighted by Gasteiger charge is 2.08. The molecule has 13 heavy (non-hydrogen) atoms. The van der Waals surface area contributed by atoms with Crippen molar-refractivity contribution in [1.82, 2.24) is 0 Å². The summed E-state index contributed by atoms with van der Waals surface area (Å²) in [7, 11) is 0. The van der Waals surface area contributed by atoms with E-state index >= 15 is 0 Å². The van der Waals surface area contributed by atoms with Gasteiger partial charge in [-0.1, -0.05) is 40.6 Å². The lowest BCUT2D eigenvalue weighted by atomic mass is 10.1. The maximum absolute atomic E-state index is 8.60. The molecule has 0 radical (unpaired) electrons. The first-order valence-electron chi connectivity index (χ1n) is 3.55. The summed E-state index contributed by atoms with van der Waals surface area (Å²) in [6.45, 7) is 0. The Bertz CT molecular complexity index is 333. The van der Waals surface area contributed by atoms with E-state index in [0.29, 0.717) is 5.56 Å². The van der Waals surface area contributed by atoms with Crippen LogP contribution in [0.25, 0.3) is 0 Å². The number of nitrogens with two attached hydrogens (primary N) is 1. The third kappa shape index (κ3) is 1.96. The smallest absolute Gasteiger partial charge is 0.192 e. The van der Waals surface area contributed by atoms with Crippen LogP contribution in [0.4, 0.5) is 0 Å². The summed E-state index contributed by atoms with van der Waals surface area (Å²) < 4.78 is 0. The summed E-state index contributed by atoms with van der Waals surface area (Å²) in [6.07, 6.45) is 0. The van der Waals surface area contributed by atoms with Crippen molar-refractivity contribution >= 4 is 11.5 Å². The van der Waals surface area contributed by atoms with Gasteiger partial charge in [0.25, 0.3) is 0 Å². The molecule has 5 nitrogen and oxygen atoms in total. The number of rotatable bonds is 2. The first-order chi connectivity index (χ1) is 6.29. The number of benzene rings is 1. The van der Waals surface area contributed by atoms with E-state index in [9.17, 15) is 0 Å². The number of hydrogen-bond acceptors (Lipinski definition) is 4. The van der Waals surface area contributed by atoms with Crippen molar-refractivity contribution in [1.29, 1.82) is 0 Å². The van der Waals surface area contributed by atoms with Gasteiger partial charge in [-0.25, -0.2) is 0 Å². The van der Waals surface area contributed by atoms with Crippen LogP contribution < -0.4 is 5.73 Å². The average Bonchev–Trinajstić information content (AvgIpc) is 2.20. The molecule has 0 saturated heterocycles. The predicted octanol–water partition coefficient (Wildman–Crippen LogP) is 0.611. The van der Waals surface area contributed by atoms with Gasteiger partial charge in [0.15, 0.2) is 11.5 Å². The first kappa shape index (κ1) is 9.05. The molecule has 0 saturated carbocycles. The van der Waals surface area contributed by atoms with Gasteiger partial charge in [-0.05, 0) is 0 Å². The Morgan fingerprint density at radius 3 is 2.15 bits per heavy atom. The SMILES string of the molecule is NC(=N\O)/C(=N/O)c1ccccc1. The standard InChI is InChI=1S/C8H9N3O2/c9-8(11-13)7(10-12)6-4-2-1-3-5-6/h1-5,12-13H,(H2,9,11)/b10-7+. The molecule has 0 bridgehead atoms. The van der Waals surface area contributed by atoms with Crippen molar-refractivity contribution < 1.29 is 10.4 Å². The van der Waals surface area contributed by atoms with E-state index in [1.165, 1.54) is 0 Å². The topological polar surface area (TPSA) is 91.2 Å². The van der Waals surface area contributed by atoms with E-state index in [2.05, 4.69) is 10.3 Å². The zero-order valence-electron chi connectivity index (χ0n) is 6.75. The van der Waals surface area contributed by atoms with Crippen molar-refractivity contribution in [2.24, 2.45) is 16.0 Å². The van der Waals surface area contributed by atoms with Gasteiger partial charge in [0.05, 0.1) is 0 Å². The summed E-state index contributed by atoms with van der Waals surface area (Å²) in [6, 6.07) is 8.70. The highest BCUT2D eigenvalue weighted by Crippen LogP contribution is 2.00. The summed E-state index contributed by atoms with van der Waals surface area (Å²) >= 11 is 0. The predicted molar refractivity (Wildman–Crippen MR) is 48.2 cm³/mol. The molecule has 0 unspecified atom stereocenters. The normalized spacial score (nSPS) is 12.9. The third-order valence-electron chi connectivity index (χ3n) is 1.50. The number of oxime groups is 2. The molecule has 0 aliphatic heterocycles. The number of amidine groups is 1. The third-order valence-corrected chi connectivity index (χ3v) is 1.50. The minimum Gasteiger partial charge on any atom is -0.410 e. The molecule has 0 amide bonds. The van der Waals surface area contributed by atoms with Crippen LogP contribution >= 0.6 is 0 Å². The summed E-state index contributed by atoms with van der Waals surface area (Å²) in [5.41, 5.74) is 5.90. The fourth-order valence-electron chi connectivity index (χ4n) is 0.900.